The highest BCUT2D eigenvalue weighted by atomic mass is 16.2. The summed E-state index contributed by atoms with van der Waals surface area (Å²) in [7, 11) is 4.21. The van der Waals surface area contributed by atoms with Crippen molar-refractivity contribution >= 4 is 11.9 Å². The van der Waals surface area contributed by atoms with E-state index in [1.54, 1.807) is 0 Å². The van der Waals surface area contributed by atoms with Crippen LogP contribution in [0.25, 0.3) is 0 Å². The maximum atomic E-state index is 12.2. The van der Waals surface area contributed by atoms with Crippen molar-refractivity contribution in [3.63, 3.8) is 0 Å². The summed E-state index contributed by atoms with van der Waals surface area (Å²) < 4.78 is 0. The van der Waals surface area contributed by atoms with Gasteiger partial charge in [0.1, 0.15) is 0 Å². The lowest BCUT2D eigenvalue weighted by atomic mass is 10.1. The van der Waals surface area contributed by atoms with Crippen molar-refractivity contribution in [2.45, 2.75) is 45.7 Å². The monoisotopic (exact) mass is 387 g/mol. The molecule has 1 aliphatic heterocycles. The molecule has 1 amide bonds. The van der Waals surface area contributed by atoms with Gasteiger partial charge in [0.15, 0.2) is 5.96 Å². The Morgan fingerprint density at radius 2 is 2.00 bits per heavy atom. The molecule has 0 radical (unpaired) electrons. The quantitative estimate of drug-likeness (QED) is 0.529. The molecule has 0 aromatic heterocycles. The molecule has 0 aliphatic carbocycles. The molecule has 6 nitrogen and oxygen atoms in total. The largest absolute Gasteiger partial charge is 0.357 e. The number of benzene rings is 1. The van der Waals surface area contributed by atoms with Gasteiger partial charge < -0.3 is 20.4 Å². The third-order valence-electron chi connectivity index (χ3n) is 5.18. The first-order valence-electron chi connectivity index (χ1n) is 10.4. The van der Waals surface area contributed by atoms with Crippen LogP contribution in [0.2, 0.25) is 0 Å². The summed E-state index contributed by atoms with van der Waals surface area (Å²) in [5, 5.41) is 6.88. The first-order valence-corrected chi connectivity index (χ1v) is 10.4. The van der Waals surface area contributed by atoms with Crippen molar-refractivity contribution in [1.82, 2.24) is 20.4 Å². The van der Waals surface area contributed by atoms with Gasteiger partial charge in [0.25, 0.3) is 0 Å². The molecule has 156 valence electrons. The molecular weight excluding hydrogens is 350 g/mol. The fourth-order valence-electron chi connectivity index (χ4n) is 3.45. The average molecular weight is 388 g/mol. The van der Waals surface area contributed by atoms with Crippen molar-refractivity contribution in [3.8, 4) is 0 Å². The summed E-state index contributed by atoms with van der Waals surface area (Å²) in [5.74, 6) is 1.13. The van der Waals surface area contributed by atoms with Crippen LogP contribution < -0.4 is 10.6 Å². The fourth-order valence-corrected chi connectivity index (χ4v) is 3.45. The van der Waals surface area contributed by atoms with Crippen LogP contribution >= 0.6 is 0 Å². The van der Waals surface area contributed by atoms with Gasteiger partial charge in [0.2, 0.25) is 5.91 Å². The van der Waals surface area contributed by atoms with Crippen LogP contribution in [0.15, 0.2) is 35.3 Å². The highest BCUT2D eigenvalue weighted by Gasteiger charge is 2.28. The van der Waals surface area contributed by atoms with Crippen LogP contribution in [0.1, 0.15) is 32.8 Å². The molecule has 2 rings (SSSR count). The summed E-state index contributed by atoms with van der Waals surface area (Å²) in [6, 6.07) is 11.1. The Kier molecular flexibility index (Phi) is 8.77. The van der Waals surface area contributed by atoms with Crippen molar-refractivity contribution < 1.29 is 4.79 Å². The Labute approximate surface area is 170 Å². The zero-order valence-electron chi connectivity index (χ0n) is 18.1. The summed E-state index contributed by atoms with van der Waals surface area (Å²) in [6.45, 7) is 9.11. The molecule has 0 bridgehead atoms. The van der Waals surface area contributed by atoms with E-state index in [1.165, 1.54) is 5.56 Å². The second-order valence-corrected chi connectivity index (χ2v) is 8.10. The molecule has 2 N–H and O–H groups in total. The lowest BCUT2D eigenvalue weighted by molar-refractivity contribution is -0.133. The van der Waals surface area contributed by atoms with Gasteiger partial charge in [-0.3, -0.25) is 9.79 Å². The van der Waals surface area contributed by atoms with Gasteiger partial charge >= 0.3 is 0 Å². The average Bonchev–Trinajstić information content (AvgIpc) is 3.13. The number of carbonyl (C=O) groups excluding carboxylic acids is 1. The number of hydrogen-bond acceptors (Lipinski definition) is 3. The summed E-state index contributed by atoms with van der Waals surface area (Å²) in [5.41, 5.74) is 1.33. The van der Waals surface area contributed by atoms with E-state index < -0.39 is 0 Å². The molecule has 1 aromatic carbocycles. The van der Waals surface area contributed by atoms with E-state index in [1.807, 2.05) is 18.7 Å². The van der Waals surface area contributed by atoms with Crippen molar-refractivity contribution in [2.75, 3.05) is 40.3 Å². The van der Waals surface area contributed by atoms with E-state index in [0.29, 0.717) is 6.04 Å². The zero-order chi connectivity index (χ0) is 20.5. The topological polar surface area (TPSA) is 60.0 Å². The Bertz CT molecular complexity index is 629. The van der Waals surface area contributed by atoms with E-state index in [-0.39, 0.29) is 17.9 Å². The second-order valence-electron chi connectivity index (χ2n) is 8.10. The van der Waals surface area contributed by atoms with Crippen LogP contribution in [-0.4, -0.2) is 74.0 Å². The minimum absolute atomic E-state index is 0.0551. The van der Waals surface area contributed by atoms with Crippen molar-refractivity contribution in [2.24, 2.45) is 10.9 Å². The van der Waals surface area contributed by atoms with Gasteiger partial charge in [-0.1, -0.05) is 44.2 Å². The number of carbonyl (C=O) groups is 1. The second kappa shape index (κ2) is 11.1. The predicted molar refractivity (Wildman–Crippen MR) is 117 cm³/mol. The molecule has 1 aliphatic rings. The molecule has 6 heteroatoms. The summed E-state index contributed by atoms with van der Waals surface area (Å²) >= 11 is 0. The van der Waals surface area contributed by atoms with Gasteiger partial charge in [-0.15, -0.1) is 0 Å². The third-order valence-corrected chi connectivity index (χ3v) is 5.18. The van der Waals surface area contributed by atoms with Gasteiger partial charge in [0, 0.05) is 37.6 Å². The van der Waals surface area contributed by atoms with Crippen LogP contribution in [0, 0.1) is 5.92 Å². The molecule has 1 aromatic rings. The lowest BCUT2D eigenvalue weighted by Gasteiger charge is -2.24. The number of hydrogen-bond donors (Lipinski definition) is 2. The minimum Gasteiger partial charge on any atom is -0.357 e. The maximum absolute atomic E-state index is 12.2. The summed E-state index contributed by atoms with van der Waals surface area (Å²) in [6.07, 6.45) is 1.93. The van der Waals surface area contributed by atoms with Crippen molar-refractivity contribution in [1.29, 1.82) is 0 Å². The van der Waals surface area contributed by atoms with E-state index in [4.69, 9.17) is 4.99 Å². The minimum atomic E-state index is 0.0551. The van der Waals surface area contributed by atoms with Gasteiger partial charge in [-0.05, 0) is 39.4 Å². The number of nitrogens with one attached hydrogen (secondary N) is 2. The first-order chi connectivity index (χ1) is 13.4. The van der Waals surface area contributed by atoms with Crippen LogP contribution in [-0.2, 0) is 11.2 Å². The standard InChI is InChI=1S/C22H37N5O/c1-6-23-22(25-19-12-13-27(16-19)21(28)17(2)3)24-15-20(26(4)5)14-18-10-8-7-9-11-18/h7-11,17,19-20H,6,12-16H2,1-5H3,(H2,23,24,25). The van der Waals surface area contributed by atoms with Crippen LogP contribution in [0.5, 0.6) is 0 Å². The predicted octanol–water partition coefficient (Wildman–Crippen LogP) is 1.97. The van der Waals surface area contributed by atoms with Crippen LogP contribution in [0.3, 0.4) is 0 Å². The molecule has 28 heavy (non-hydrogen) atoms. The number of likely N-dealkylation sites (tertiary alicyclic amines) is 1. The van der Waals surface area contributed by atoms with Crippen LogP contribution in [0.4, 0.5) is 0 Å². The van der Waals surface area contributed by atoms with Crippen molar-refractivity contribution in [3.05, 3.63) is 35.9 Å². The first kappa shape index (κ1) is 22.2. The molecule has 2 unspecified atom stereocenters. The third kappa shape index (κ3) is 6.82. The Hall–Kier alpha value is -2.08. The molecule has 0 saturated carbocycles. The van der Waals surface area contributed by atoms with Gasteiger partial charge in [-0.2, -0.15) is 0 Å². The van der Waals surface area contributed by atoms with Gasteiger partial charge in [-0.25, -0.2) is 0 Å². The fraction of sp³-hybridized carbons (Fsp3) is 0.636. The molecule has 1 saturated heterocycles. The number of nitrogens with zero attached hydrogens (tertiary/aromatic N) is 3. The normalized spacial score (nSPS) is 18.6. The highest BCUT2D eigenvalue weighted by molar-refractivity contribution is 5.81. The maximum Gasteiger partial charge on any atom is 0.225 e. The van der Waals surface area contributed by atoms with E-state index >= 15 is 0 Å². The molecule has 1 heterocycles. The van der Waals surface area contributed by atoms with E-state index in [2.05, 4.69) is 66.9 Å². The smallest absolute Gasteiger partial charge is 0.225 e. The molecular formula is C22H37N5O. The number of guanidine groups is 1. The van der Waals surface area contributed by atoms with E-state index in [0.717, 1.165) is 45.0 Å². The highest BCUT2D eigenvalue weighted by Crippen LogP contribution is 2.13. The zero-order valence-corrected chi connectivity index (χ0v) is 18.1. The Balaban J connectivity index is 1.95. The molecule has 0 spiro atoms. The number of rotatable bonds is 8. The van der Waals surface area contributed by atoms with Gasteiger partial charge in [0.05, 0.1) is 6.54 Å². The SMILES string of the molecule is CCNC(=NCC(Cc1ccccc1)N(C)C)NC1CCN(C(=O)C(C)C)C1. The molecule has 1 fully saturated rings. The lowest BCUT2D eigenvalue weighted by Crippen LogP contribution is -2.46. The number of amides is 1. The Morgan fingerprint density at radius 3 is 2.61 bits per heavy atom. The number of aliphatic imine (C=N–C) groups is 1. The van der Waals surface area contributed by atoms with E-state index in [9.17, 15) is 4.79 Å². The Morgan fingerprint density at radius 1 is 1.29 bits per heavy atom. The number of likely N-dealkylation sites (N-methyl/N-ethyl adjacent to an activating group) is 1. The molecule has 2 atom stereocenters. The summed E-state index contributed by atoms with van der Waals surface area (Å²) in [4.78, 5) is 21.3.